The second-order valence-electron chi connectivity index (χ2n) is 5.15. The van der Waals surface area contributed by atoms with Crippen LogP contribution in [0.5, 0.6) is 0 Å². The average molecular weight is 252 g/mol. The molecule has 0 aliphatic rings. The smallest absolute Gasteiger partial charge is 0.307 e. The van der Waals surface area contributed by atoms with Gasteiger partial charge in [-0.3, -0.25) is 4.79 Å². The summed E-state index contributed by atoms with van der Waals surface area (Å²) in [5.41, 5.74) is 1.09. The quantitative estimate of drug-likeness (QED) is 0.872. The van der Waals surface area contributed by atoms with Crippen molar-refractivity contribution in [1.82, 2.24) is 0 Å². The Balaban J connectivity index is 2.59. The second kappa shape index (κ2) is 6.10. The van der Waals surface area contributed by atoms with E-state index in [0.717, 1.165) is 5.56 Å². The number of carbonyl (C=O) groups is 1. The molecule has 0 saturated heterocycles. The second-order valence-corrected chi connectivity index (χ2v) is 7.00. The zero-order chi connectivity index (χ0) is 12.9. The molecule has 0 amide bonds. The first-order valence-corrected chi connectivity index (χ1v) is 6.78. The number of rotatable bonds is 5. The van der Waals surface area contributed by atoms with E-state index in [9.17, 15) is 9.90 Å². The Hall–Kier alpha value is -0.960. The molecule has 0 spiro atoms. The van der Waals surface area contributed by atoms with Gasteiger partial charge in [-0.05, 0) is 12.0 Å². The van der Waals surface area contributed by atoms with Crippen molar-refractivity contribution in [2.24, 2.45) is 5.92 Å². The molecule has 1 N–H and O–H groups in total. The molecular weight excluding hydrogens is 232 g/mol. The fourth-order valence-corrected chi connectivity index (χ4v) is 2.43. The molecule has 0 bridgehead atoms. The Labute approximate surface area is 107 Å². The third kappa shape index (κ3) is 5.78. The summed E-state index contributed by atoms with van der Waals surface area (Å²) >= 11 is 1.71. The molecule has 17 heavy (non-hydrogen) atoms. The van der Waals surface area contributed by atoms with Gasteiger partial charge in [-0.2, -0.15) is 11.8 Å². The van der Waals surface area contributed by atoms with Crippen LogP contribution < -0.4 is 0 Å². The lowest BCUT2D eigenvalue weighted by Crippen LogP contribution is -2.22. The van der Waals surface area contributed by atoms with Crippen LogP contribution in [0.1, 0.15) is 26.3 Å². The fourth-order valence-electron chi connectivity index (χ4n) is 1.47. The zero-order valence-electron chi connectivity index (χ0n) is 10.6. The van der Waals surface area contributed by atoms with Gasteiger partial charge in [0, 0.05) is 10.5 Å². The Morgan fingerprint density at radius 3 is 2.35 bits per heavy atom. The molecule has 94 valence electrons. The van der Waals surface area contributed by atoms with Gasteiger partial charge in [0.25, 0.3) is 0 Å². The molecule has 2 nitrogen and oxygen atoms in total. The van der Waals surface area contributed by atoms with Gasteiger partial charge < -0.3 is 5.11 Å². The first-order chi connectivity index (χ1) is 7.88. The van der Waals surface area contributed by atoms with E-state index in [-0.39, 0.29) is 10.7 Å². The van der Waals surface area contributed by atoms with Crippen LogP contribution in [0, 0.1) is 5.92 Å². The highest BCUT2D eigenvalue weighted by Crippen LogP contribution is 2.26. The summed E-state index contributed by atoms with van der Waals surface area (Å²) in [6.07, 6.45) is 0.610. The first-order valence-electron chi connectivity index (χ1n) is 5.79. The highest BCUT2D eigenvalue weighted by Gasteiger charge is 2.21. The van der Waals surface area contributed by atoms with Crippen LogP contribution in [0.4, 0.5) is 0 Å². The van der Waals surface area contributed by atoms with Crippen LogP contribution in [-0.2, 0) is 11.2 Å². The predicted octanol–water partition coefficient (Wildman–Crippen LogP) is 3.46. The maximum atomic E-state index is 11.2. The molecule has 0 fully saturated rings. The minimum Gasteiger partial charge on any atom is -0.481 e. The minimum atomic E-state index is -0.703. The largest absolute Gasteiger partial charge is 0.481 e. The molecule has 1 aromatic rings. The number of aliphatic carboxylic acids is 1. The van der Waals surface area contributed by atoms with Crippen molar-refractivity contribution in [2.45, 2.75) is 31.9 Å². The van der Waals surface area contributed by atoms with E-state index in [4.69, 9.17) is 0 Å². The predicted molar refractivity (Wildman–Crippen MR) is 73.5 cm³/mol. The third-order valence-corrected chi connectivity index (χ3v) is 3.83. The van der Waals surface area contributed by atoms with E-state index in [2.05, 4.69) is 20.8 Å². The number of hydrogen-bond donors (Lipinski definition) is 1. The van der Waals surface area contributed by atoms with Gasteiger partial charge in [0.2, 0.25) is 0 Å². The Bertz CT molecular complexity index is 354. The monoisotopic (exact) mass is 252 g/mol. The number of benzene rings is 1. The van der Waals surface area contributed by atoms with Crippen molar-refractivity contribution in [1.29, 1.82) is 0 Å². The lowest BCUT2D eigenvalue weighted by atomic mass is 10.0. The molecule has 0 aromatic heterocycles. The first kappa shape index (κ1) is 14.1. The lowest BCUT2D eigenvalue weighted by Gasteiger charge is -2.20. The van der Waals surface area contributed by atoms with Crippen molar-refractivity contribution in [3.8, 4) is 0 Å². The molecular formula is C14H20O2S. The van der Waals surface area contributed by atoms with Gasteiger partial charge in [-0.25, -0.2) is 0 Å². The van der Waals surface area contributed by atoms with Crippen molar-refractivity contribution in [2.75, 3.05) is 5.75 Å². The number of thioether (sulfide) groups is 1. The topological polar surface area (TPSA) is 37.3 Å². The summed E-state index contributed by atoms with van der Waals surface area (Å²) in [6.45, 7) is 6.33. The third-order valence-electron chi connectivity index (χ3n) is 2.39. The Morgan fingerprint density at radius 2 is 1.88 bits per heavy atom. The fraction of sp³-hybridized carbons (Fsp3) is 0.500. The maximum absolute atomic E-state index is 11.2. The molecule has 1 atom stereocenters. The van der Waals surface area contributed by atoms with Crippen molar-refractivity contribution >= 4 is 17.7 Å². The summed E-state index contributed by atoms with van der Waals surface area (Å²) in [5, 5.41) is 9.22. The molecule has 0 saturated carbocycles. The minimum absolute atomic E-state index is 0.115. The summed E-state index contributed by atoms with van der Waals surface area (Å²) in [6, 6.07) is 9.81. The van der Waals surface area contributed by atoms with Gasteiger partial charge >= 0.3 is 5.97 Å². The summed E-state index contributed by atoms with van der Waals surface area (Å²) in [5.74, 6) is -0.347. The van der Waals surface area contributed by atoms with Gasteiger partial charge in [-0.15, -0.1) is 0 Å². The number of carboxylic acid groups (broad SMARTS) is 1. The summed E-state index contributed by atoms with van der Waals surface area (Å²) < 4.78 is 0.115. The summed E-state index contributed by atoms with van der Waals surface area (Å²) in [4.78, 5) is 11.2. The normalized spacial score (nSPS) is 13.4. The van der Waals surface area contributed by atoms with E-state index < -0.39 is 5.97 Å². The zero-order valence-corrected chi connectivity index (χ0v) is 11.5. The van der Waals surface area contributed by atoms with Crippen LogP contribution >= 0.6 is 11.8 Å². The van der Waals surface area contributed by atoms with Crippen LogP contribution in [-0.4, -0.2) is 21.6 Å². The highest BCUT2D eigenvalue weighted by molar-refractivity contribution is 8.00. The van der Waals surface area contributed by atoms with Gasteiger partial charge in [0.15, 0.2) is 0 Å². The molecule has 0 heterocycles. The summed E-state index contributed by atoms with van der Waals surface area (Å²) in [7, 11) is 0. The molecule has 1 aromatic carbocycles. The lowest BCUT2D eigenvalue weighted by molar-refractivity contribution is -0.140. The maximum Gasteiger partial charge on any atom is 0.307 e. The van der Waals surface area contributed by atoms with Crippen molar-refractivity contribution in [3.63, 3.8) is 0 Å². The molecule has 1 rings (SSSR count). The number of hydrogen-bond acceptors (Lipinski definition) is 2. The Morgan fingerprint density at radius 1 is 1.29 bits per heavy atom. The standard InChI is InChI=1S/C14H20O2S/c1-14(2,3)17-10-12(13(15)16)9-11-7-5-4-6-8-11/h4-8,12H,9-10H2,1-3H3,(H,15,16)/t12-/m0/s1. The van der Waals surface area contributed by atoms with E-state index in [1.165, 1.54) is 0 Å². The number of carboxylic acids is 1. The average Bonchev–Trinajstić information content (AvgIpc) is 2.24. The highest BCUT2D eigenvalue weighted by atomic mass is 32.2. The van der Waals surface area contributed by atoms with E-state index in [1.54, 1.807) is 11.8 Å². The van der Waals surface area contributed by atoms with Gasteiger partial charge in [0.1, 0.15) is 0 Å². The van der Waals surface area contributed by atoms with E-state index in [0.29, 0.717) is 12.2 Å². The van der Waals surface area contributed by atoms with E-state index >= 15 is 0 Å². The Kier molecular flexibility index (Phi) is 5.06. The van der Waals surface area contributed by atoms with Crippen LogP contribution in [0.2, 0.25) is 0 Å². The van der Waals surface area contributed by atoms with Crippen molar-refractivity contribution in [3.05, 3.63) is 35.9 Å². The van der Waals surface area contributed by atoms with Gasteiger partial charge in [-0.1, -0.05) is 51.1 Å². The van der Waals surface area contributed by atoms with Crippen molar-refractivity contribution < 1.29 is 9.90 Å². The molecule has 0 aliphatic heterocycles. The molecule has 0 radical (unpaired) electrons. The van der Waals surface area contributed by atoms with E-state index in [1.807, 2.05) is 30.3 Å². The molecule has 3 heteroatoms. The molecule has 0 aliphatic carbocycles. The van der Waals surface area contributed by atoms with Crippen LogP contribution in [0.25, 0.3) is 0 Å². The van der Waals surface area contributed by atoms with Gasteiger partial charge in [0.05, 0.1) is 5.92 Å². The SMILES string of the molecule is CC(C)(C)SC[C@H](Cc1ccccc1)C(=O)O. The molecule has 0 unspecified atom stereocenters. The van der Waals surface area contributed by atoms with Crippen LogP contribution in [0.15, 0.2) is 30.3 Å². The van der Waals surface area contributed by atoms with Crippen LogP contribution in [0.3, 0.4) is 0 Å².